The molecule has 0 fully saturated rings. The average molecular weight is 401 g/mol. The summed E-state index contributed by atoms with van der Waals surface area (Å²) in [5.41, 5.74) is 4.28. The maximum atomic E-state index is 9.64. The lowest BCUT2D eigenvalue weighted by atomic mass is 9.76. The highest BCUT2D eigenvalue weighted by atomic mass is 16.6. The largest absolute Gasteiger partial charge is 0.465 e. The van der Waals surface area contributed by atoms with Crippen molar-refractivity contribution in [2.24, 2.45) is 0 Å². The van der Waals surface area contributed by atoms with Crippen molar-refractivity contribution in [3.8, 4) is 11.5 Å². The van der Waals surface area contributed by atoms with Crippen LogP contribution in [0.15, 0.2) is 36.4 Å². The summed E-state index contributed by atoms with van der Waals surface area (Å²) in [6.45, 7) is 16.1. The Morgan fingerprint density at radius 1 is 0.655 bits per heavy atom. The van der Waals surface area contributed by atoms with Crippen LogP contribution >= 0.6 is 0 Å². The van der Waals surface area contributed by atoms with E-state index >= 15 is 0 Å². The average Bonchev–Trinajstić information content (AvgIpc) is 2.60. The first-order valence-corrected chi connectivity index (χ1v) is 10.4. The Morgan fingerprint density at radius 2 is 1.00 bits per heavy atom. The Labute approximate surface area is 175 Å². The van der Waals surface area contributed by atoms with Gasteiger partial charge in [0.1, 0.15) is 11.5 Å². The minimum Gasteiger partial charge on any atom is -0.465 e. The van der Waals surface area contributed by atoms with Crippen LogP contribution in [0.3, 0.4) is 0 Å². The summed E-state index contributed by atoms with van der Waals surface area (Å²) < 4.78 is 11.2. The molecule has 0 aliphatic carbocycles. The molecule has 2 rings (SSSR count). The first-order chi connectivity index (χ1) is 13.4. The number of aliphatic hydroxyl groups excluding tert-OH is 2. The summed E-state index contributed by atoms with van der Waals surface area (Å²) in [6, 6.07) is 12.4. The second kappa shape index (κ2) is 9.19. The van der Waals surface area contributed by atoms with E-state index in [-0.39, 0.29) is 17.3 Å². The molecular formula is C25H36O4. The number of aliphatic hydroxyl groups is 2. The van der Waals surface area contributed by atoms with Crippen molar-refractivity contribution in [3.05, 3.63) is 58.7 Å². The molecule has 29 heavy (non-hydrogen) atoms. The molecule has 2 N–H and O–H groups in total. The summed E-state index contributed by atoms with van der Waals surface area (Å²) in [5, 5.41) is 19.3. The Morgan fingerprint density at radius 3 is 1.28 bits per heavy atom. The number of hydrogen-bond acceptors (Lipinski definition) is 4. The van der Waals surface area contributed by atoms with Gasteiger partial charge in [0.15, 0.2) is 12.6 Å². The van der Waals surface area contributed by atoms with Crippen molar-refractivity contribution < 1.29 is 19.7 Å². The fraction of sp³-hybridized carbons (Fsp3) is 0.520. The summed E-state index contributed by atoms with van der Waals surface area (Å²) in [7, 11) is 0. The number of benzene rings is 2. The molecular weight excluding hydrogens is 364 g/mol. The van der Waals surface area contributed by atoms with Gasteiger partial charge in [-0.1, -0.05) is 65.8 Å². The molecule has 0 saturated carbocycles. The molecule has 0 heterocycles. The maximum absolute atomic E-state index is 9.64. The summed E-state index contributed by atoms with van der Waals surface area (Å²) in [6.07, 6.45) is -1.69. The quantitative estimate of drug-likeness (QED) is 0.559. The highest BCUT2D eigenvalue weighted by molar-refractivity contribution is 5.49. The molecule has 4 nitrogen and oxygen atoms in total. The first kappa shape index (κ1) is 23.2. The topological polar surface area (TPSA) is 58.9 Å². The van der Waals surface area contributed by atoms with Gasteiger partial charge in [0.2, 0.25) is 0 Å². The number of hydrogen-bond donors (Lipinski definition) is 2. The smallest absolute Gasteiger partial charge is 0.194 e. The third kappa shape index (κ3) is 5.52. The second-order valence-electron chi connectivity index (χ2n) is 8.87. The van der Waals surface area contributed by atoms with Crippen LogP contribution in [0.1, 0.15) is 89.5 Å². The minimum absolute atomic E-state index is 0.236. The van der Waals surface area contributed by atoms with E-state index in [1.807, 2.05) is 12.1 Å². The van der Waals surface area contributed by atoms with E-state index in [4.69, 9.17) is 9.47 Å². The summed E-state index contributed by atoms with van der Waals surface area (Å²) >= 11 is 0. The Bertz CT molecular complexity index is 752. The van der Waals surface area contributed by atoms with E-state index in [0.717, 1.165) is 22.6 Å². The first-order valence-electron chi connectivity index (χ1n) is 10.4. The standard InChI is InChI=1S/C25H36O4/c1-15(2)21-13-19(9-11-23(21)28-17(5)26)25(7,8)20-10-12-24(29-18(6)27)22(14-20)16(3)4/h9-18,26-27H,1-8H3. The molecule has 0 aliphatic rings. The second-order valence-corrected chi connectivity index (χ2v) is 8.87. The zero-order valence-corrected chi connectivity index (χ0v) is 19.0. The van der Waals surface area contributed by atoms with Gasteiger partial charge in [-0.2, -0.15) is 0 Å². The summed E-state index contributed by atoms with van der Waals surface area (Å²) in [5.74, 6) is 1.98. The van der Waals surface area contributed by atoms with Crippen molar-refractivity contribution in [2.75, 3.05) is 0 Å². The minimum atomic E-state index is -0.846. The third-order valence-corrected chi connectivity index (χ3v) is 5.30. The Balaban J connectivity index is 2.51. The molecule has 2 atom stereocenters. The van der Waals surface area contributed by atoms with Crippen LogP contribution in [0, 0.1) is 0 Å². The van der Waals surface area contributed by atoms with Crippen LogP contribution in [-0.4, -0.2) is 22.8 Å². The Kier molecular flexibility index (Phi) is 7.36. The van der Waals surface area contributed by atoms with Crippen molar-refractivity contribution in [1.29, 1.82) is 0 Å². The SMILES string of the molecule is CC(O)Oc1ccc(C(C)(C)c2ccc(OC(C)O)c(C(C)C)c2)cc1C(C)C. The van der Waals surface area contributed by atoms with Crippen LogP contribution in [0.4, 0.5) is 0 Å². The van der Waals surface area contributed by atoms with Gasteiger partial charge in [-0.25, -0.2) is 0 Å². The van der Waals surface area contributed by atoms with E-state index in [2.05, 4.69) is 65.8 Å². The van der Waals surface area contributed by atoms with Gasteiger partial charge in [-0.05, 0) is 60.1 Å². The lowest BCUT2D eigenvalue weighted by Gasteiger charge is -2.29. The van der Waals surface area contributed by atoms with E-state index in [0.29, 0.717) is 0 Å². The molecule has 0 radical (unpaired) electrons. The molecule has 0 amide bonds. The van der Waals surface area contributed by atoms with Crippen LogP contribution in [0.25, 0.3) is 0 Å². The predicted octanol–water partition coefficient (Wildman–Crippen LogP) is 5.69. The zero-order chi connectivity index (χ0) is 21.9. The van der Waals surface area contributed by atoms with Crippen LogP contribution in [-0.2, 0) is 5.41 Å². The lowest BCUT2D eigenvalue weighted by molar-refractivity contribution is -0.00171. The van der Waals surface area contributed by atoms with Gasteiger partial charge in [-0.15, -0.1) is 0 Å². The normalized spacial score (nSPS) is 14.2. The molecule has 2 unspecified atom stereocenters. The monoisotopic (exact) mass is 400 g/mol. The van der Waals surface area contributed by atoms with Gasteiger partial charge in [0.25, 0.3) is 0 Å². The van der Waals surface area contributed by atoms with Gasteiger partial charge >= 0.3 is 0 Å². The van der Waals surface area contributed by atoms with Crippen molar-refractivity contribution >= 4 is 0 Å². The van der Waals surface area contributed by atoms with E-state index in [9.17, 15) is 10.2 Å². The molecule has 0 aromatic heterocycles. The molecule has 0 bridgehead atoms. The Hall–Kier alpha value is -2.04. The highest BCUT2D eigenvalue weighted by Gasteiger charge is 2.26. The van der Waals surface area contributed by atoms with E-state index < -0.39 is 12.6 Å². The van der Waals surface area contributed by atoms with Gasteiger partial charge < -0.3 is 19.7 Å². The third-order valence-electron chi connectivity index (χ3n) is 5.30. The molecule has 4 heteroatoms. The van der Waals surface area contributed by atoms with Crippen LogP contribution < -0.4 is 9.47 Å². The lowest BCUT2D eigenvalue weighted by Crippen LogP contribution is -2.21. The van der Waals surface area contributed by atoms with Crippen molar-refractivity contribution in [3.63, 3.8) is 0 Å². The van der Waals surface area contributed by atoms with Gasteiger partial charge in [-0.3, -0.25) is 0 Å². The van der Waals surface area contributed by atoms with Gasteiger partial charge in [0.05, 0.1) is 0 Å². The fourth-order valence-electron chi connectivity index (χ4n) is 3.53. The molecule has 160 valence electrons. The summed E-state index contributed by atoms with van der Waals surface area (Å²) in [4.78, 5) is 0. The van der Waals surface area contributed by atoms with E-state index in [1.54, 1.807) is 13.8 Å². The highest BCUT2D eigenvalue weighted by Crippen LogP contribution is 2.39. The molecule has 0 saturated heterocycles. The molecule has 2 aromatic rings. The van der Waals surface area contributed by atoms with Crippen molar-refractivity contribution in [1.82, 2.24) is 0 Å². The van der Waals surface area contributed by atoms with Gasteiger partial charge in [0, 0.05) is 5.41 Å². The van der Waals surface area contributed by atoms with Crippen molar-refractivity contribution in [2.45, 2.75) is 85.2 Å². The maximum Gasteiger partial charge on any atom is 0.194 e. The molecule has 0 aliphatic heterocycles. The van der Waals surface area contributed by atoms with E-state index in [1.165, 1.54) is 11.1 Å². The van der Waals surface area contributed by atoms with Crippen LogP contribution in [0.2, 0.25) is 0 Å². The van der Waals surface area contributed by atoms with Crippen LogP contribution in [0.5, 0.6) is 11.5 Å². The number of rotatable bonds is 8. The fourth-order valence-corrected chi connectivity index (χ4v) is 3.53. The molecule has 0 spiro atoms. The predicted molar refractivity (Wildman–Crippen MR) is 118 cm³/mol. The number of ether oxygens (including phenoxy) is 2. The molecule has 2 aromatic carbocycles. The zero-order valence-electron chi connectivity index (χ0n) is 19.0.